The molecule has 0 unspecified atom stereocenters. The Labute approximate surface area is 263 Å². The molecular weight excluding hydrogens is 592 g/mol. The molecule has 4 aromatic carbocycles. The number of benzene rings is 4. The number of aliphatic carboxylic acids is 2. The highest BCUT2D eigenvalue weighted by Crippen LogP contribution is 2.30. The minimum absolute atomic E-state index is 0.342. The van der Waals surface area contributed by atoms with Crippen molar-refractivity contribution in [2.75, 3.05) is 52.4 Å². The molecule has 5 aliphatic heterocycles. The summed E-state index contributed by atoms with van der Waals surface area (Å²) in [7, 11) is 0. The number of hydrogen-bond acceptors (Lipinski definition) is 8. The fourth-order valence-electron chi connectivity index (χ4n) is 6.52. The standard InChI is InChI=1S/2C14H9NO4.C6H12N2/c2*16-11(17)7-15-13(18)9-5-1-3-8-4-2-6-10(12(8)9)14(15)19;1-2-8-5-3-7(1)4-6-8/h2*1-6H,7H2,(H,16,17);1-6H2. The number of rotatable bonds is 4. The number of piperazine rings is 3. The summed E-state index contributed by atoms with van der Waals surface area (Å²) < 4.78 is 0. The van der Waals surface area contributed by atoms with E-state index < -0.39 is 48.7 Å². The summed E-state index contributed by atoms with van der Waals surface area (Å²) in [6.45, 7) is 7.17. The number of carboxylic acids is 2. The summed E-state index contributed by atoms with van der Waals surface area (Å²) >= 11 is 0. The summed E-state index contributed by atoms with van der Waals surface area (Å²) in [4.78, 5) is 75.1. The van der Waals surface area contributed by atoms with Crippen LogP contribution in [0.1, 0.15) is 41.4 Å². The van der Waals surface area contributed by atoms with Crippen LogP contribution in [0.4, 0.5) is 0 Å². The number of nitrogens with zero attached hydrogens (tertiary/aromatic N) is 2. The van der Waals surface area contributed by atoms with Gasteiger partial charge in [0, 0.05) is 33.0 Å². The summed E-state index contributed by atoms with van der Waals surface area (Å²) in [6.07, 6.45) is 0. The number of carbonyl (C=O) groups is 6. The highest BCUT2D eigenvalue weighted by Gasteiger charge is 2.34. The molecule has 3 saturated heterocycles. The summed E-state index contributed by atoms with van der Waals surface area (Å²) in [6, 6.07) is 20.4. The third-order valence-corrected chi connectivity index (χ3v) is 8.78. The number of nitrogens with one attached hydrogen (secondary N) is 2. The van der Waals surface area contributed by atoms with Crippen LogP contribution in [-0.2, 0) is 9.59 Å². The Balaban J connectivity index is 0.000000131. The van der Waals surface area contributed by atoms with Gasteiger partial charge in [-0.2, -0.15) is 0 Å². The predicted octanol–water partition coefficient (Wildman–Crippen LogP) is -2.85. The Bertz CT molecular complexity index is 1680. The summed E-state index contributed by atoms with van der Waals surface area (Å²) in [5, 5.41) is 24.0. The van der Waals surface area contributed by atoms with Crippen LogP contribution in [0.2, 0.25) is 0 Å². The Morgan fingerprint density at radius 3 is 0.978 bits per heavy atom. The topological polar surface area (TPSA) is 164 Å². The van der Waals surface area contributed by atoms with Gasteiger partial charge in [0.25, 0.3) is 23.6 Å². The van der Waals surface area contributed by atoms with Crippen LogP contribution in [-0.4, -0.2) is 97.7 Å². The maximum atomic E-state index is 12.2. The van der Waals surface area contributed by atoms with E-state index in [2.05, 4.69) is 0 Å². The highest BCUT2D eigenvalue weighted by atomic mass is 16.4. The van der Waals surface area contributed by atoms with E-state index in [0.717, 1.165) is 10.8 Å². The van der Waals surface area contributed by atoms with Crippen molar-refractivity contribution in [3.05, 3.63) is 95.1 Å². The number of quaternary nitrogens is 2. The van der Waals surface area contributed by atoms with Crippen molar-refractivity contribution in [1.82, 2.24) is 9.80 Å². The van der Waals surface area contributed by atoms with Gasteiger partial charge in [0.15, 0.2) is 0 Å². The molecule has 12 nitrogen and oxygen atoms in total. The molecule has 0 atom stereocenters. The van der Waals surface area contributed by atoms with E-state index in [1.54, 1.807) is 72.8 Å². The average Bonchev–Trinajstić information content (AvgIpc) is 3.07. The lowest BCUT2D eigenvalue weighted by molar-refractivity contribution is -1.06. The first-order chi connectivity index (χ1) is 22.1. The molecular formula is C34H30N4O8. The van der Waals surface area contributed by atoms with Gasteiger partial charge in [0.2, 0.25) is 0 Å². The first kappa shape index (κ1) is 30.6. The Kier molecular flexibility index (Phi) is 8.31. The van der Waals surface area contributed by atoms with Crippen LogP contribution in [0, 0.1) is 0 Å². The molecule has 0 spiro atoms. The molecule has 4 amide bonds. The zero-order chi connectivity index (χ0) is 32.5. The quantitative estimate of drug-likeness (QED) is 0.230. The smallest absolute Gasteiger partial charge is 0.261 e. The number of carbonyl (C=O) groups excluding carboxylic acids is 6. The van der Waals surface area contributed by atoms with Gasteiger partial charge in [-0.15, -0.1) is 0 Å². The lowest BCUT2D eigenvalue weighted by Crippen LogP contribution is -3.35. The first-order valence-corrected chi connectivity index (χ1v) is 15.0. The van der Waals surface area contributed by atoms with E-state index in [1.807, 2.05) is 9.80 Å². The van der Waals surface area contributed by atoms with E-state index in [1.165, 1.54) is 39.3 Å². The van der Waals surface area contributed by atoms with Gasteiger partial charge in [-0.3, -0.25) is 29.0 Å². The normalized spacial score (nSPS) is 19.4. The lowest BCUT2D eigenvalue weighted by Gasteiger charge is -2.35. The van der Waals surface area contributed by atoms with Gasteiger partial charge in [0.05, 0.1) is 25.0 Å². The second-order valence-corrected chi connectivity index (χ2v) is 11.6. The molecule has 234 valence electrons. The lowest BCUT2D eigenvalue weighted by atomic mass is 9.94. The Morgan fingerprint density at radius 1 is 0.500 bits per heavy atom. The third-order valence-electron chi connectivity index (χ3n) is 8.78. The maximum Gasteiger partial charge on any atom is 0.261 e. The molecule has 12 heteroatoms. The van der Waals surface area contributed by atoms with E-state index in [-0.39, 0.29) is 0 Å². The second kappa shape index (κ2) is 12.5. The number of carboxylic acid groups (broad SMARTS) is 2. The van der Waals surface area contributed by atoms with Gasteiger partial charge >= 0.3 is 0 Å². The monoisotopic (exact) mass is 622 g/mol. The maximum absolute atomic E-state index is 12.2. The predicted molar refractivity (Wildman–Crippen MR) is 160 cm³/mol. The molecule has 5 aliphatic rings. The van der Waals surface area contributed by atoms with Gasteiger partial charge in [-0.25, -0.2) is 0 Å². The number of fused-ring (bicyclic) bond motifs is 3. The van der Waals surface area contributed by atoms with Crippen molar-refractivity contribution in [1.29, 1.82) is 0 Å². The number of imide groups is 2. The fourth-order valence-corrected chi connectivity index (χ4v) is 6.52. The number of amides is 4. The van der Waals surface area contributed by atoms with Crippen LogP contribution >= 0.6 is 0 Å². The zero-order valence-corrected chi connectivity index (χ0v) is 24.7. The van der Waals surface area contributed by atoms with Gasteiger partial charge in [-0.1, -0.05) is 48.5 Å². The molecule has 9 rings (SSSR count). The SMILES string of the molecule is C1C[NH+]2CC[NH+]1CC2.O=C([O-])CN1C(=O)c2cccc3cccc(c23)C1=O.O=C([O-])CN1C(=O)c2cccc3cccc(c23)C1=O. The molecule has 0 aliphatic carbocycles. The van der Waals surface area contributed by atoms with E-state index in [0.29, 0.717) is 42.8 Å². The summed E-state index contributed by atoms with van der Waals surface area (Å²) in [5.41, 5.74) is 1.37. The Morgan fingerprint density at radius 2 is 0.761 bits per heavy atom. The molecule has 2 N–H and O–H groups in total. The van der Waals surface area contributed by atoms with E-state index in [9.17, 15) is 39.0 Å². The van der Waals surface area contributed by atoms with Crippen LogP contribution in [0.3, 0.4) is 0 Å². The van der Waals surface area contributed by atoms with Gasteiger partial charge in [0.1, 0.15) is 39.3 Å². The average molecular weight is 623 g/mol. The van der Waals surface area contributed by atoms with Crippen LogP contribution < -0.4 is 20.0 Å². The van der Waals surface area contributed by atoms with Crippen LogP contribution in [0.15, 0.2) is 72.8 Å². The molecule has 5 heterocycles. The van der Waals surface area contributed by atoms with Crippen LogP contribution in [0.5, 0.6) is 0 Å². The summed E-state index contributed by atoms with van der Waals surface area (Å²) in [5.74, 6) is -5.32. The second-order valence-electron chi connectivity index (χ2n) is 11.6. The van der Waals surface area contributed by atoms with Gasteiger partial charge in [-0.05, 0) is 35.0 Å². The molecule has 0 aromatic heterocycles. The van der Waals surface area contributed by atoms with Crippen molar-refractivity contribution in [3.8, 4) is 0 Å². The van der Waals surface area contributed by atoms with Crippen molar-refractivity contribution in [2.24, 2.45) is 0 Å². The molecule has 0 saturated carbocycles. The molecule has 2 bridgehead atoms. The van der Waals surface area contributed by atoms with Crippen molar-refractivity contribution in [2.45, 2.75) is 0 Å². The molecule has 4 aromatic rings. The number of hydrogen-bond donors (Lipinski definition) is 2. The first-order valence-electron chi connectivity index (χ1n) is 15.0. The molecule has 0 radical (unpaired) electrons. The minimum Gasteiger partial charge on any atom is -0.548 e. The van der Waals surface area contributed by atoms with E-state index >= 15 is 0 Å². The largest absolute Gasteiger partial charge is 0.548 e. The van der Waals surface area contributed by atoms with E-state index in [4.69, 9.17) is 0 Å². The minimum atomic E-state index is -1.46. The van der Waals surface area contributed by atoms with Crippen molar-refractivity contribution in [3.63, 3.8) is 0 Å². The Hall–Kier alpha value is -5.46. The fraction of sp³-hybridized carbons (Fsp3) is 0.235. The highest BCUT2D eigenvalue weighted by molar-refractivity contribution is 6.27. The molecule has 46 heavy (non-hydrogen) atoms. The van der Waals surface area contributed by atoms with Crippen molar-refractivity contribution >= 4 is 57.1 Å². The van der Waals surface area contributed by atoms with Gasteiger partial charge < -0.3 is 29.6 Å². The molecule has 3 fully saturated rings. The zero-order valence-electron chi connectivity index (χ0n) is 24.7. The van der Waals surface area contributed by atoms with Crippen molar-refractivity contribution < 1.29 is 48.8 Å². The third kappa shape index (κ3) is 5.71. The van der Waals surface area contributed by atoms with Crippen LogP contribution in [0.25, 0.3) is 21.5 Å².